The lowest BCUT2D eigenvalue weighted by molar-refractivity contribution is 0.00254. The number of rotatable bonds is 3. The number of Topliss-reactive ketones (excluding diaryl/α,β-unsaturated/α-hetero) is 1. The summed E-state index contributed by atoms with van der Waals surface area (Å²) < 4.78 is 5.56. The molecule has 2 saturated heterocycles. The number of piperidine rings is 1. The Morgan fingerprint density at radius 2 is 1.76 bits per heavy atom. The maximum atomic E-state index is 13.0. The number of hydrogen-bond donors (Lipinski definition) is 0. The number of ether oxygens (including phenoxy) is 1. The summed E-state index contributed by atoms with van der Waals surface area (Å²) in [6, 6.07) is 7.83. The van der Waals surface area contributed by atoms with Gasteiger partial charge >= 0.3 is 6.09 Å². The molecule has 4 heteroatoms. The highest BCUT2D eigenvalue weighted by Crippen LogP contribution is 2.41. The molecule has 0 aliphatic carbocycles. The van der Waals surface area contributed by atoms with Gasteiger partial charge in [0.05, 0.1) is 0 Å². The van der Waals surface area contributed by atoms with Crippen LogP contribution in [-0.4, -0.2) is 34.5 Å². The van der Waals surface area contributed by atoms with Gasteiger partial charge in [0.2, 0.25) is 0 Å². The molecule has 2 aliphatic rings. The number of nitrogens with zero attached hydrogens (tertiary/aromatic N) is 1. The largest absolute Gasteiger partial charge is 0.444 e. The normalized spacial score (nSPS) is 25.6. The molecule has 2 unspecified atom stereocenters. The van der Waals surface area contributed by atoms with E-state index in [0.29, 0.717) is 0 Å². The van der Waals surface area contributed by atoms with Crippen LogP contribution in [0.1, 0.15) is 62.4 Å². The summed E-state index contributed by atoms with van der Waals surface area (Å²) in [6.45, 7) is 9.46. The van der Waals surface area contributed by atoms with Gasteiger partial charge in [-0.1, -0.05) is 36.9 Å². The highest BCUT2D eigenvalue weighted by molar-refractivity contribution is 6.01. The zero-order valence-electron chi connectivity index (χ0n) is 15.3. The maximum absolute atomic E-state index is 13.0. The first-order valence-electron chi connectivity index (χ1n) is 9.07. The summed E-state index contributed by atoms with van der Waals surface area (Å²) in [4.78, 5) is 27.4. The Labute approximate surface area is 149 Å². The molecule has 2 atom stereocenters. The van der Waals surface area contributed by atoms with Crippen molar-refractivity contribution in [2.24, 2.45) is 5.92 Å². The van der Waals surface area contributed by atoms with E-state index in [0.717, 1.165) is 36.8 Å². The van der Waals surface area contributed by atoms with Gasteiger partial charge in [-0.25, -0.2) is 4.79 Å². The molecule has 1 amide bonds. The van der Waals surface area contributed by atoms with E-state index in [9.17, 15) is 9.59 Å². The van der Waals surface area contributed by atoms with Gasteiger partial charge in [0.25, 0.3) is 0 Å². The number of ketones is 1. The highest BCUT2D eigenvalue weighted by Gasteiger charge is 2.46. The van der Waals surface area contributed by atoms with Gasteiger partial charge in [0, 0.05) is 23.6 Å². The molecule has 2 fully saturated rings. The first-order valence-corrected chi connectivity index (χ1v) is 9.07. The third-order valence-corrected chi connectivity index (χ3v) is 5.15. The predicted molar refractivity (Wildman–Crippen MR) is 98.5 cm³/mol. The first kappa shape index (κ1) is 17.7. The Kier molecular flexibility index (Phi) is 4.72. The number of amides is 1. The second kappa shape index (κ2) is 6.66. The standard InChI is InChI=1S/C21H27NO3/c1-5-14-8-6-7-9-18(14)19(23)15-12-16-10-11-17(13-15)22(16)20(24)25-21(2,3)4/h5-9,15-17H,1,10-13H2,2-4H3. The number of fused-ring (bicyclic) bond motifs is 2. The van der Waals surface area contributed by atoms with Crippen LogP contribution in [0.25, 0.3) is 6.08 Å². The lowest BCUT2D eigenvalue weighted by Gasteiger charge is -2.39. The highest BCUT2D eigenvalue weighted by atomic mass is 16.6. The lowest BCUT2D eigenvalue weighted by atomic mass is 9.83. The molecular weight excluding hydrogens is 314 g/mol. The average Bonchev–Trinajstić information content (AvgIpc) is 2.83. The van der Waals surface area contributed by atoms with Gasteiger partial charge in [-0.05, 0) is 52.0 Å². The van der Waals surface area contributed by atoms with Gasteiger partial charge in [-0.2, -0.15) is 0 Å². The summed E-state index contributed by atoms with van der Waals surface area (Å²) in [6.07, 6.45) is 4.85. The third kappa shape index (κ3) is 3.63. The van der Waals surface area contributed by atoms with Gasteiger partial charge < -0.3 is 9.64 Å². The monoisotopic (exact) mass is 341 g/mol. The fourth-order valence-electron chi connectivity index (χ4n) is 4.12. The molecule has 4 nitrogen and oxygen atoms in total. The van der Waals surface area contributed by atoms with Gasteiger partial charge in [0.1, 0.15) is 5.60 Å². The minimum atomic E-state index is -0.494. The minimum Gasteiger partial charge on any atom is -0.444 e. The Bertz CT molecular complexity index is 675. The Balaban J connectivity index is 1.74. The van der Waals surface area contributed by atoms with Crippen molar-refractivity contribution in [2.45, 2.75) is 64.1 Å². The summed E-state index contributed by atoms with van der Waals surface area (Å²) in [7, 11) is 0. The van der Waals surface area contributed by atoms with Crippen LogP contribution in [0.4, 0.5) is 4.79 Å². The van der Waals surface area contributed by atoms with Crippen LogP contribution in [0, 0.1) is 5.92 Å². The number of benzene rings is 1. The molecule has 0 aromatic heterocycles. The maximum Gasteiger partial charge on any atom is 0.410 e. The van der Waals surface area contributed by atoms with Gasteiger partial charge in [-0.3, -0.25) is 4.79 Å². The molecule has 0 radical (unpaired) electrons. The SMILES string of the molecule is C=Cc1ccccc1C(=O)C1CC2CCC(C1)N2C(=O)OC(C)(C)C. The zero-order valence-corrected chi connectivity index (χ0v) is 15.3. The van der Waals surface area contributed by atoms with E-state index < -0.39 is 5.60 Å². The van der Waals surface area contributed by atoms with E-state index in [1.165, 1.54) is 0 Å². The molecule has 2 bridgehead atoms. The molecule has 0 saturated carbocycles. The molecule has 0 spiro atoms. The van der Waals surface area contributed by atoms with E-state index in [4.69, 9.17) is 4.74 Å². The van der Waals surface area contributed by atoms with Crippen molar-refractivity contribution >= 4 is 18.0 Å². The van der Waals surface area contributed by atoms with Crippen molar-refractivity contribution in [3.05, 3.63) is 42.0 Å². The van der Waals surface area contributed by atoms with Crippen molar-refractivity contribution in [2.75, 3.05) is 0 Å². The van der Waals surface area contributed by atoms with Crippen LogP contribution in [0.3, 0.4) is 0 Å². The van der Waals surface area contributed by atoms with Gasteiger partial charge in [-0.15, -0.1) is 0 Å². The predicted octanol–water partition coefficient (Wildman–Crippen LogP) is 4.69. The van der Waals surface area contributed by atoms with Crippen LogP contribution < -0.4 is 0 Å². The quantitative estimate of drug-likeness (QED) is 0.749. The van der Waals surface area contributed by atoms with E-state index in [1.807, 2.05) is 49.9 Å². The van der Waals surface area contributed by atoms with Crippen molar-refractivity contribution < 1.29 is 14.3 Å². The van der Waals surface area contributed by atoms with Crippen molar-refractivity contribution in [1.82, 2.24) is 4.90 Å². The van der Waals surface area contributed by atoms with E-state index in [2.05, 4.69) is 6.58 Å². The minimum absolute atomic E-state index is 0.0303. The Morgan fingerprint density at radius 3 is 2.32 bits per heavy atom. The number of carbonyl (C=O) groups is 2. The van der Waals surface area contributed by atoms with Crippen molar-refractivity contribution in [3.63, 3.8) is 0 Å². The third-order valence-electron chi connectivity index (χ3n) is 5.15. The molecular formula is C21H27NO3. The Hall–Kier alpha value is -2.10. The van der Waals surface area contributed by atoms with Crippen molar-refractivity contribution in [3.8, 4) is 0 Å². The molecule has 3 rings (SSSR count). The molecule has 0 N–H and O–H groups in total. The van der Waals surface area contributed by atoms with E-state index in [-0.39, 0.29) is 29.9 Å². The molecule has 134 valence electrons. The van der Waals surface area contributed by atoms with E-state index in [1.54, 1.807) is 6.08 Å². The lowest BCUT2D eigenvalue weighted by Crippen LogP contribution is -2.49. The second-order valence-corrected chi connectivity index (χ2v) is 8.10. The summed E-state index contributed by atoms with van der Waals surface area (Å²) in [5.41, 5.74) is 1.13. The van der Waals surface area contributed by atoms with Gasteiger partial charge in [0.15, 0.2) is 5.78 Å². The fraction of sp³-hybridized carbons (Fsp3) is 0.524. The summed E-state index contributed by atoms with van der Waals surface area (Å²) >= 11 is 0. The van der Waals surface area contributed by atoms with Crippen LogP contribution >= 0.6 is 0 Å². The topological polar surface area (TPSA) is 46.6 Å². The Morgan fingerprint density at radius 1 is 1.16 bits per heavy atom. The molecule has 25 heavy (non-hydrogen) atoms. The second-order valence-electron chi connectivity index (χ2n) is 8.10. The number of hydrogen-bond acceptors (Lipinski definition) is 3. The first-order chi connectivity index (χ1) is 11.8. The van der Waals surface area contributed by atoms with Crippen molar-refractivity contribution in [1.29, 1.82) is 0 Å². The number of carbonyl (C=O) groups excluding carboxylic acids is 2. The smallest absolute Gasteiger partial charge is 0.410 e. The summed E-state index contributed by atoms with van der Waals surface area (Å²) in [5, 5.41) is 0. The van der Waals surface area contributed by atoms with Crippen LogP contribution in [0.5, 0.6) is 0 Å². The molecule has 2 aliphatic heterocycles. The fourth-order valence-corrected chi connectivity index (χ4v) is 4.12. The zero-order chi connectivity index (χ0) is 18.2. The molecule has 1 aromatic rings. The van der Waals surface area contributed by atoms with Crippen LogP contribution in [0.15, 0.2) is 30.8 Å². The molecule has 2 heterocycles. The average molecular weight is 341 g/mol. The molecule has 1 aromatic carbocycles. The van der Waals surface area contributed by atoms with E-state index >= 15 is 0 Å². The van der Waals surface area contributed by atoms with Crippen LogP contribution in [0.2, 0.25) is 0 Å². The van der Waals surface area contributed by atoms with Crippen LogP contribution in [-0.2, 0) is 4.74 Å². The summed E-state index contributed by atoms with van der Waals surface area (Å²) in [5.74, 6) is 0.147.